The Hall–Kier alpha value is -2.82. The first-order chi connectivity index (χ1) is 11.2. The second-order valence-electron chi connectivity index (χ2n) is 5.26. The molecule has 0 aliphatic rings. The van der Waals surface area contributed by atoms with Gasteiger partial charge in [0.2, 0.25) is 5.82 Å². The van der Waals surface area contributed by atoms with Crippen molar-refractivity contribution in [3.63, 3.8) is 0 Å². The molecule has 0 saturated heterocycles. The van der Waals surface area contributed by atoms with E-state index in [-0.39, 0.29) is 6.10 Å². The minimum atomic E-state index is -0.329. The first kappa shape index (κ1) is 15.1. The Bertz CT molecular complexity index is 781. The smallest absolute Gasteiger partial charge is 0.267 e. The lowest BCUT2D eigenvalue weighted by Crippen LogP contribution is -2.03. The van der Waals surface area contributed by atoms with Gasteiger partial charge in [0.15, 0.2) is 6.10 Å². The molecule has 0 aliphatic heterocycles. The number of rotatable bonds is 5. The van der Waals surface area contributed by atoms with Crippen LogP contribution in [0.2, 0.25) is 0 Å². The third-order valence-electron chi connectivity index (χ3n) is 3.45. The van der Waals surface area contributed by atoms with Crippen LogP contribution in [-0.4, -0.2) is 17.3 Å². The van der Waals surface area contributed by atoms with E-state index in [1.165, 1.54) is 5.56 Å². The molecule has 0 N–H and O–H groups in total. The monoisotopic (exact) mass is 310 g/mol. The molecule has 5 nitrogen and oxygen atoms in total. The predicted octanol–water partition coefficient (Wildman–Crippen LogP) is 4.19. The van der Waals surface area contributed by atoms with E-state index < -0.39 is 0 Å². The van der Waals surface area contributed by atoms with Crippen LogP contribution >= 0.6 is 0 Å². The molecular weight excluding hydrogens is 292 g/mol. The fraction of sp³-hybridized carbons (Fsp3) is 0.222. The molecule has 0 amide bonds. The van der Waals surface area contributed by atoms with Crippen molar-refractivity contribution >= 4 is 0 Å². The zero-order chi connectivity index (χ0) is 16.2. The average Bonchev–Trinajstić information content (AvgIpc) is 3.07. The summed E-state index contributed by atoms with van der Waals surface area (Å²) in [5.41, 5.74) is 2.02. The topological polar surface area (TPSA) is 57.4 Å². The van der Waals surface area contributed by atoms with E-state index in [2.05, 4.69) is 10.1 Å². The summed E-state index contributed by atoms with van der Waals surface area (Å²) < 4.78 is 16.4. The minimum Gasteiger partial charge on any atom is -0.497 e. The second-order valence-corrected chi connectivity index (χ2v) is 5.26. The van der Waals surface area contributed by atoms with Gasteiger partial charge in [-0.2, -0.15) is 4.98 Å². The van der Waals surface area contributed by atoms with Gasteiger partial charge in [-0.15, -0.1) is 0 Å². The summed E-state index contributed by atoms with van der Waals surface area (Å²) >= 11 is 0. The largest absolute Gasteiger partial charge is 0.497 e. The Balaban J connectivity index is 1.76. The Morgan fingerprint density at radius 2 is 1.83 bits per heavy atom. The maximum Gasteiger partial charge on any atom is 0.267 e. The molecule has 1 heterocycles. The minimum absolute atomic E-state index is 0.329. The van der Waals surface area contributed by atoms with Gasteiger partial charge in [-0.05, 0) is 38.1 Å². The van der Waals surface area contributed by atoms with Crippen molar-refractivity contribution in [2.45, 2.75) is 20.0 Å². The van der Waals surface area contributed by atoms with Crippen LogP contribution in [-0.2, 0) is 0 Å². The molecule has 0 unspecified atom stereocenters. The highest BCUT2D eigenvalue weighted by molar-refractivity contribution is 5.56. The molecule has 3 aromatic rings. The van der Waals surface area contributed by atoms with E-state index in [0.717, 1.165) is 17.1 Å². The summed E-state index contributed by atoms with van der Waals surface area (Å²) in [6.07, 6.45) is -0.329. The van der Waals surface area contributed by atoms with Gasteiger partial charge < -0.3 is 14.0 Å². The molecule has 0 radical (unpaired) electrons. The first-order valence-electron chi connectivity index (χ1n) is 7.37. The number of aryl methyl sites for hydroxylation is 1. The van der Waals surface area contributed by atoms with Crippen LogP contribution in [0.5, 0.6) is 11.5 Å². The maximum atomic E-state index is 5.83. The standard InChI is InChI=1S/C18H18N2O3/c1-12-7-9-15(10-8-12)22-13(2)18-19-17(20-23-18)14-5-4-6-16(11-14)21-3/h4-11,13H,1-3H3/t13-/m0/s1. The van der Waals surface area contributed by atoms with Gasteiger partial charge in [0, 0.05) is 5.56 Å². The normalized spacial score (nSPS) is 12.0. The van der Waals surface area contributed by atoms with Gasteiger partial charge >= 0.3 is 0 Å². The van der Waals surface area contributed by atoms with Crippen molar-refractivity contribution in [2.24, 2.45) is 0 Å². The summed E-state index contributed by atoms with van der Waals surface area (Å²) in [5.74, 6) is 2.46. The van der Waals surface area contributed by atoms with Crippen molar-refractivity contribution in [1.82, 2.24) is 10.1 Å². The van der Waals surface area contributed by atoms with E-state index in [1.54, 1.807) is 7.11 Å². The third kappa shape index (κ3) is 3.51. The van der Waals surface area contributed by atoms with Crippen molar-refractivity contribution in [2.75, 3.05) is 7.11 Å². The van der Waals surface area contributed by atoms with Crippen molar-refractivity contribution in [1.29, 1.82) is 0 Å². The SMILES string of the molecule is COc1cccc(-c2noc([C@H](C)Oc3ccc(C)cc3)n2)c1. The summed E-state index contributed by atoms with van der Waals surface area (Å²) in [4.78, 5) is 4.41. The summed E-state index contributed by atoms with van der Waals surface area (Å²) in [5, 5.41) is 4.02. The zero-order valence-electron chi connectivity index (χ0n) is 13.3. The van der Waals surface area contributed by atoms with Gasteiger partial charge in [0.25, 0.3) is 5.89 Å². The highest BCUT2D eigenvalue weighted by Gasteiger charge is 2.17. The molecular formula is C18H18N2O3. The molecule has 1 aromatic heterocycles. The molecule has 0 spiro atoms. The molecule has 0 aliphatic carbocycles. The van der Waals surface area contributed by atoms with Crippen LogP contribution in [0.3, 0.4) is 0 Å². The highest BCUT2D eigenvalue weighted by atomic mass is 16.5. The highest BCUT2D eigenvalue weighted by Crippen LogP contribution is 2.25. The van der Waals surface area contributed by atoms with Crippen LogP contribution in [0.4, 0.5) is 0 Å². The molecule has 3 rings (SSSR count). The number of hydrogen-bond acceptors (Lipinski definition) is 5. The van der Waals surface area contributed by atoms with Crippen molar-refractivity contribution in [3.05, 3.63) is 60.0 Å². The van der Waals surface area contributed by atoms with Crippen LogP contribution < -0.4 is 9.47 Å². The summed E-state index contributed by atoms with van der Waals surface area (Å²) in [7, 11) is 1.62. The van der Waals surface area contributed by atoms with Crippen molar-refractivity contribution < 1.29 is 14.0 Å². The Morgan fingerprint density at radius 3 is 2.57 bits per heavy atom. The van der Waals surface area contributed by atoms with E-state index in [4.69, 9.17) is 14.0 Å². The number of nitrogens with zero attached hydrogens (tertiary/aromatic N) is 2. The van der Waals surface area contributed by atoms with Crippen LogP contribution in [0.1, 0.15) is 24.5 Å². The summed E-state index contributed by atoms with van der Waals surface area (Å²) in [6.45, 7) is 3.91. The fourth-order valence-electron chi connectivity index (χ4n) is 2.15. The molecule has 2 aromatic carbocycles. The molecule has 23 heavy (non-hydrogen) atoms. The Morgan fingerprint density at radius 1 is 1.04 bits per heavy atom. The quantitative estimate of drug-likeness (QED) is 0.707. The molecule has 1 atom stereocenters. The van der Waals surface area contributed by atoms with Gasteiger partial charge in [0.1, 0.15) is 11.5 Å². The molecule has 5 heteroatoms. The maximum absolute atomic E-state index is 5.83. The molecule has 118 valence electrons. The predicted molar refractivity (Wildman–Crippen MR) is 86.5 cm³/mol. The van der Waals surface area contributed by atoms with E-state index in [9.17, 15) is 0 Å². The lowest BCUT2D eigenvalue weighted by molar-refractivity contribution is 0.176. The molecule has 0 fully saturated rings. The van der Waals surface area contributed by atoms with Crippen LogP contribution in [0, 0.1) is 6.92 Å². The van der Waals surface area contributed by atoms with E-state index in [1.807, 2.05) is 62.4 Å². The third-order valence-corrected chi connectivity index (χ3v) is 3.45. The summed E-state index contributed by atoms with van der Waals surface area (Å²) in [6, 6.07) is 15.4. The van der Waals surface area contributed by atoms with Gasteiger partial charge in [-0.1, -0.05) is 35.0 Å². The molecule has 0 saturated carbocycles. The second kappa shape index (κ2) is 6.52. The van der Waals surface area contributed by atoms with Crippen molar-refractivity contribution in [3.8, 4) is 22.9 Å². The first-order valence-corrected chi connectivity index (χ1v) is 7.37. The Labute approximate surface area is 134 Å². The Kier molecular flexibility index (Phi) is 4.28. The van der Waals surface area contributed by atoms with E-state index >= 15 is 0 Å². The number of aromatic nitrogens is 2. The van der Waals surface area contributed by atoms with Gasteiger partial charge in [0.05, 0.1) is 7.11 Å². The average molecular weight is 310 g/mol. The van der Waals surface area contributed by atoms with Gasteiger partial charge in [-0.3, -0.25) is 0 Å². The van der Waals surface area contributed by atoms with Gasteiger partial charge in [-0.25, -0.2) is 0 Å². The number of methoxy groups -OCH3 is 1. The number of benzene rings is 2. The van der Waals surface area contributed by atoms with Crippen LogP contribution in [0.25, 0.3) is 11.4 Å². The lowest BCUT2D eigenvalue weighted by atomic mass is 10.2. The van der Waals surface area contributed by atoms with Crippen LogP contribution in [0.15, 0.2) is 53.1 Å². The van der Waals surface area contributed by atoms with E-state index in [0.29, 0.717) is 11.7 Å². The number of ether oxygens (including phenoxy) is 2. The lowest BCUT2D eigenvalue weighted by Gasteiger charge is -2.10. The zero-order valence-corrected chi connectivity index (χ0v) is 13.3. The molecule has 0 bridgehead atoms. The number of hydrogen-bond donors (Lipinski definition) is 0. The fourth-order valence-corrected chi connectivity index (χ4v) is 2.15.